The monoisotopic (exact) mass is 352 g/mol. The van der Waals surface area contributed by atoms with Crippen LogP contribution in [0.2, 0.25) is 0 Å². The van der Waals surface area contributed by atoms with Gasteiger partial charge in [-0.25, -0.2) is 0 Å². The second kappa shape index (κ2) is 8.61. The Morgan fingerprint density at radius 3 is 3.00 bits per heavy atom. The van der Waals surface area contributed by atoms with E-state index in [-0.39, 0.29) is 6.10 Å². The van der Waals surface area contributed by atoms with Gasteiger partial charge in [-0.1, -0.05) is 0 Å². The van der Waals surface area contributed by atoms with Gasteiger partial charge in [0.25, 0.3) is 0 Å². The zero-order chi connectivity index (χ0) is 15.9. The van der Waals surface area contributed by atoms with Crippen LogP contribution in [0.4, 0.5) is 5.00 Å². The van der Waals surface area contributed by atoms with Crippen LogP contribution in [0.1, 0.15) is 37.0 Å². The number of hydrogen-bond acceptors (Lipinski definition) is 5. The summed E-state index contributed by atoms with van der Waals surface area (Å²) in [4.78, 5) is 3.60. The lowest BCUT2D eigenvalue weighted by atomic mass is 10.1. The molecule has 2 aliphatic heterocycles. The lowest BCUT2D eigenvalue weighted by molar-refractivity contribution is 0.114. The molecule has 2 fully saturated rings. The lowest BCUT2D eigenvalue weighted by Gasteiger charge is -2.27. The van der Waals surface area contributed by atoms with Crippen LogP contribution >= 0.6 is 23.6 Å². The second-order valence-electron chi connectivity index (χ2n) is 5.94. The Kier molecular flexibility index (Phi) is 6.24. The van der Waals surface area contributed by atoms with Gasteiger partial charge < -0.3 is 15.0 Å². The van der Waals surface area contributed by atoms with Crippen molar-refractivity contribution in [3.8, 4) is 0 Å². The maximum absolute atomic E-state index is 5.55. The molecule has 0 aliphatic carbocycles. The van der Waals surface area contributed by atoms with E-state index in [9.17, 15) is 0 Å². The molecule has 5 nitrogen and oxygen atoms in total. The number of hydrogen-bond donors (Lipinski definition) is 2. The number of hydrazone groups is 1. The largest absolute Gasteiger partial charge is 0.376 e. The standard InChI is InChI=1S/C16H24N4OS2/c22-16(17-11-13-5-4-10-21-13)19-18-12-14-6-7-15(23-14)20-8-2-1-3-9-20/h6-7,12-13H,1-5,8-11H2,(H2,17,19,22)/b18-12-/t13-/m1/s1. The highest BCUT2D eigenvalue weighted by Crippen LogP contribution is 2.27. The molecule has 1 aromatic rings. The SMILES string of the molecule is S=C(NC[C@H]1CCCO1)N/N=C\c1ccc(N2CCCCC2)s1. The molecule has 126 valence electrons. The molecule has 0 radical (unpaired) electrons. The van der Waals surface area contributed by atoms with Crippen molar-refractivity contribution in [1.29, 1.82) is 0 Å². The second-order valence-corrected chi connectivity index (χ2v) is 7.44. The molecule has 7 heteroatoms. The average molecular weight is 353 g/mol. The summed E-state index contributed by atoms with van der Waals surface area (Å²) in [5, 5.41) is 9.25. The molecular weight excluding hydrogens is 328 g/mol. The van der Waals surface area contributed by atoms with Gasteiger partial charge in [0, 0.05) is 31.1 Å². The number of ether oxygens (including phenoxy) is 1. The van der Waals surface area contributed by atoms with Crippen LogP contribution in [-0.2, 0) is 4.74 Å². The highest BCUT2D eigenvalue weighted by Gasteiger charge is 2.15. The van der Waals surface area contributed by atoms with Crippen LogP contribution in [-0.4, -0.2) is 43.7 Å². The summed E-state index contributed by atoms with van der Waals surface area (Å²) in [6.45, 7) is 3.96. The van der Waals surface area contributed by atoms with Gasteiger partial charge in [0.05, 0.1) is 17.3 Å². The van der Waals surface area contributed by atoms with Crippen molar-refractivity contribution in [2.45, 2.75) is 38.2 Å². The van der Waals surface area contributed by atoms with Crippen molar-refractivity contribution in [2.75, 3.05) is 31.1 Å². The summed E-state index contributed by atoms with van der Waals surface area (Å²) in [5.41, 5.74) is 2.87. The minimum atomic E-state index is 0.281. The van der Waals surface area contributed by atoms with Crippen molar-refractivity contribution in [3.05, 3.63) is 17.0 Å². The molecule has 1 aromatic heterocycles. The normalized spacial score (nSPS) is 21.7. The van der Waals surface area contributed by atoms with E-state index in [2.05, 4.69) is 32.9 Å². The molecule has 0 bridgehead atoms. The number of thiophene rings is 1. The first-order valence-corrected chi connectivity index (χ1v) is 9.57. The quantitative estimate of drug-likeness (QED) is 0.485. The van der Waals surface area contributed by atoms with Crippen molar-refractivity contribution < 1.29 is 4.74 Å². The minimum Gasteiger partial charge on any atom is -0.376 e. The lowest BCUT2D eigenvalue weighted by Crippen LogP contribution is -2.37. The molecule has 0 amide bonds. The smallest absolute Gasteiger partial charge is 0.187 e. The molecular formula is C16H24N4OS2. The van der Waals surface area contributed by atoms with Crippen LogP contribution in [0.5, 0.6) is 0 Å². The van der Waals surface area contributed by atoms with Crippen molar-refractivity contribution in [3.63, 3.8) is 0 Å². The average Bonchev–Trinajstić information content (AvgIpc) is 3.26. The van der Waals surface area contributed by atoms with E-state index in [4.69, 9.17) is 17.0 Å². The number of rotatable bonds is 5. The third kappa shape index (κ3) is 5.16. The van der Waals surface area contributed by atoms with E-state index in [1.165, 1.54) is 37.4 Å². The van der Waals surface area contributed by atoms with Gasteiger partial charge in [-0.3, -0.25) is 5.43 Å². The fourth-order valence-corrected chi connectivity index (χ4v) is 3.97. The molecule has 23 heavy (non-hydrogen) atoms. The molecule has 0 spiro atoms. The molecule has 2 N–H and O–H groups in total. The molecule has 3 heterocycles. The summed E-state index contributed by atoms with van der Waals surface area (Å²) >= 11 is 6.99. The molecule has 1 atom stereocenters. The van der Waals surface area contributed by atoms with E-state index in [1.807, 2.05) is 6.21 Å². The molecule has 0 aromatic carbocycles. The van der Waals surface area contributed by atoms with Gasteiger partial charge >= 0.3 is 0 Å². The Hall–Kier alpha value is -1.18. The summed E-state index contributed by atoms with van der Waals surface area (Å²) in [6, 6.07) is 4.30. The Labute approximate surface area is 147 Å². The number of thiocarbonyl (C=S) groups is 1. The fraction of sp³-hybridized carbons (Fsp3) is 0.625. The molecule has 2 saturated heterocycles. The Bertz CT molecular complexity index is 534. The fourth-order valence-electron chi connectivity index (χ4n) is 2.90. The van der Waals surface area contributed by atoms with Crippen LogP contribution in [0.25, 0.3) is 0 Å². The van der Waals surface area contributed by atoms with Crippen LogP contribution in [0.3, 0.4) is 0 Å². The zero-order valence-corrected chi connectivity index (χ0v) is 14.9. The van der Waals surface area contributed by atoms with Gasteiger partial charge in [0.15, 0.2) is 5.11 Å². The van der Waals surface area contributed by atoms with Crippen molar-refractivity contribution >= 4 is 39.9 Å². The van der Waals surface area contributed by atoms with Gasteiger partial charge in [0.2, 0.25) is 0 Å². The molecule has 3 rings (SSSR count). The maximum Gasteiger partial charge on any atom is 0.187 e. The number of anilines is 1. The Morgan fingerprint density at radius 2 is 2.22 bits per heavy atom. The van der Waals surface area contributed by atoms with Gasteiger partial charge in [0.1, 0.15) is 0 Å². The van der Waals surface area contributed by atoms with E-state index in [1.54, 1.807) is 11.3 Å². The topological polar surface area (TPSA) is 48.9 Å². The summed E-state index contributed by atoms with van der Waals surface area (Å²) in [6.07, 6.45) is 8.31. The number of nitrogens with one attached hydrogen (secondary N) is 2. The Balaban J connectivity index is 1.40. The zero-order valence-electron chi connectivity index (χ0n) is 13.3. The third-order valence-electron chi connectivity index (χ3n) is 4.15. The van der Waals surface area contributed by atoms with Crippen molar-refractivity contribution in [1.82, 2.24) is 10.7 Å². The Morgan fingerprint density at radius 1 is 1.35 bits per heavy atom. The van der Waals surface area contributed by atoms with Gasteiger partial charge in [-0.2, -0.15) is 5.10 Å². The molecule has 0 saturated carbocycles. The highest BCUT2D eigenvalue weighted by atomic mass is 32.1. The molecule has 2 aliphatic rings. The third-order valence-corrected chi connectivity index (χ3v) is 5.47. The molecule has 0 unspecified atom stereocenters. The first kappa shape index (κ1) is 16.7. The van der Waals surface area contributed by atoms with E-state index in [0.29, 0.717) is 5.11 Å². The predicted molar refractivity (Wildman–Crippen MR) is 101 cm³/mol. The van der Waals surface area contributed by atoms with Gasteiger partial charge in [-0.15, -0.1) is 11.3 Å². The van der Waals surface area contributed by atoms with E-state index < -0.39 is 0 Å². The van der Waals surface area contributed by atoms with Crippen LogP contribution in [0.15, 0.2) is 17.2 Å². The van der Waals surface area contributed by atoms with E-state index in [0.717, 1.165) is 30.9 Å². The maximum atomic E-state index is 5.55. The van der Waals surface area contributed by atoms with Gasteiger partial charge in [-0.05, 0) is 56.5 Å². The van der Waals surface area contributed by atoms with Crippen LogP contribution < -0.4 is 15.6 Å². The number of piperidine rings is 1. The van der Waals surface area contributed by atoms with Crippen molar-refractivity contribution in [2.24, 2.45) is 5.10 Å². The predicted octanol–water partition coefficient (Wildman–Crippen LogP) is 2.72. The first-order chi connectivity index (χ1) is 11.3. The summed E-state index contributed by atoms with van der Waals surface area (Å²) in [5.74, 6) is 0. The number of nitrogens with zero attached hydrogens (tertiary/aromatic N) is 2. The summed E-state index contributed by atoms with van der Waals surface area (Å²) < 4.78 is 5.55. The van der Waals surface area contributed by atoms with E-state index >= 15 is 0 Å². The minimum absolute atomic E-state index is 0.281. The first-order valence-electron chi connectivity index (χ1n) is 8.34. The summed E-state index contributed by atoms with van der Waals surface area (Å²) in [7, 11) is 0. The van der Waals surface area contributed by atoms with Crippen LogP contribution in [0, 0.1) is 0 Å². The highest BCUT2D eigenvalue weighted by molar-refractivity contribution is 7.80.